The van der Waals surface area contributed by atoms with Crippen molar-refractivity contribution in [2.24, 2.45) is 0 Å². The number of nitrogens with two attached hydrogens (primary N) is 1. The standard InChI is InChI=1S/C13H9N5O2/c1-15-8-4-9-10(3-7(8)13(19)20-2)18-6-16-5-11(18)12(14)17-9/h3-6H,2H3,(H2,14,17). The van der Waals surface area contributed by atoms with Crippen LogP contribution in [0.2, 0.25) is 0 Å². The molecule has 2 N–H and O–H groups in total. The first-order valence-electron chi connectivity index (χ1n) is 5.66. The molecule has 0 saturated heterocycles. The number of esters is 1. The van der Waals surface area contributed by atoms with Crippen molar-refractivity contribution in [2.75, 3.05) is 12.8 Å². The molecule has 0 aliphatic rings. The molecule has 0 fully saturated rings. The highest BCUT2D eigenvalue weighted by Gasteiger charge is 2.16. The highest BCUT2D eigenvalue weighted by atomic mass is 16.5. The highest BCUT2D eigenvalue weighted by molar-refractivity contribution is 6.01. The Bertz CT molecular complexity index is 891. The van der Waals surface area contributed by atoms with Crippen LogP contribution in [0.3, 0.4) is 0 Å². The van der Waals surface area contributed by atoms with E-state index < -0.39 is 5.97 Å². The summed E-state index contributed by atoms with van der Waals surface area (Å²) in [6.45, 7) is 7.15. The largest absolute Gasteiger partial charge is 0.466 e. The number of nitrogens with zero attached hydrogens (tertiary/aromatic N) is 4. The summed E-state index contributed by atoms with van der Waals surface area (Å²) in [4.78, 5) is 23.3. The lowest BCUT2D eigenvalue weighted by molar-refractivity contribution is 0.0602. The van der Waals surface area contributed by atoms with Crippen LogP contribution in [0.1, 0.15) is 10.4 Å². The van der Waals surface area contributed by atoms with Crippen molar-refractivity contribution in [1.29, 1.82) is 0 Å². The van der Waals surface area contributed by atoms with Crippen LogP contribution in [-0.4, -0.2) is 27.4 Å². The minimum atomic E-state index is -0.567. The van der Waals surface area contributed by atoms with Gasteiger partial charge in [0.2, 0.25) is 5.69 Å². The van der Waals surface area contributed by atoms with Crippen LogP contribution in [0.15, 0.2) is 24.7 Å². The van der Waals surface area contributed by atoms with E-state index >= 15 is 0 Å². The summed E-state index contributed by atoms with van der Waals surface area (Å²) in [6, 6.07) is 3.08. The van der Waals surface area contributed by atoms with Crippen LogP contribution >= 0.6 is 0 Å². The Morgan fingerprint density at radius 1 is 1.45 bits per heavy atom. The van der Waals surface area contributed by atoms with Gasteiger partial charge in [0.05, 0.1) is 42.8 Å². The second kappa shape index (κ2) is 4.20. The number of carbonyl (C=O) groups excluding carboxylic acids is 1. The van der Waals surface area contributed by atoms with Crippen LogP contribution < -0.4 is 5.73 Å². The van der Waals surface area contributed by atoms with Gasteiger partial charge < -0.3 is 10.5 Å². The third-order valence-corrected chi connectivity index (χ3v) is 3.02. The molecule has 98 valence electrons. The van der Waals surface area contributed by atoms with Crippen molar-refractivity contribution < 1.29 is 9.53 Å². The van der Waals surface area contributed by atoms with Gasteiger partial charge in [-0.05, 0) is 12.1 Å². The molecule has 0 aliphatic heterocycles. The average Bonchev–Trinajstić information content (AvgIpc) is 2.95. The van der Waals surface area contributed by atoms with E-state index in [-0.39, 0.29) is 11.3 Å². The number of hydrogen-bond acceptors (Lipinski definition) is 5. The predicted molar refractivity (Wildman–Crippen MR) is 72.5 cm³/mol. The van der Waals surface area contributed by atoms with E-state index in [1.54, 1.807) is 23.0 Å². The van der Waals surface area contributed by atoms with Gasteiger partial charge in [-0.1, -0.05) is 0 Å². The van der Waals surface area contributed by atoms with E-state index in [0.717, 1.165) is 0 Å². The quantitative estimate of drug-likeness (QED) is 0.536. The lowest BCUT2D eigenvalue weighted by Crippen LogP contribution is -2.04. The monoisotopic (exact) mass is 267 g/mol. The number of ether oxygens (including phenoxy) is 1. The Morgan fingerprint density at radius 3 is 2.95 bits per heavy atom. The van der Waals surface area contributed by atoms with Crippen molar-refractivity contribution in [3.63, 3.8) is 0 Å². The minimum Gasteiger partial charge on any atom is -0.466 e. The summed E-state index contributed by atoms with van der Waals surface area (Å²) in [6.07, 6.45) is 3.16. The van der Waals surface area contributed by atoms with Gasteiger partial charge in [0.1, 0.15) is 11.3 Å². The highest BCUT2D eigenvalue weighted by Crippen LogP contribution is 2.28. The molecule has 0 spiro atoms. The van der Waals surface area contributed by atoms with Gasteiger partial charge in [-0.3, -0.25) is 4.40 Å². The van der Waals surface area contributed by atoms with Crippen LogP contribution in [0.25, 0.3) is 21.4 Å². The van der Waals surface area contributed by atoms with Gasteiger partial charge in [-0.15, -0.1) is 0 Å². The zero-order chi connectivity index (χ0) is 14.3. The topological polar surface area (TPSA) is 86.9 Å². The second-order valence-electron chi connectivity index (χ2n) is 4.11. The minimum absolute atomic E-state index is 0.177. The van der Waals surface area contributed by atoms with Crippen molar-refractivity contribution in [2.45, 2.75) is 0 Å². The Kier molecular flexibility index (Phi) is 2.51. The lowest BCUT2D eigenvalue weighted by atomic mass is 10.1. The second-order valence-corrected chi connectivity index (χ2v) is 4.11. The van der Waals surface area contributed by atoms with E-state index in [4.69, 9.17) is 17.0 Å². The lowest BCUT2D eigenvalue weighted by Gasteiger charge is -2.08. The van der Waals surface area contributed by atoms with Crippen molar-refractivity contribution >= 4 is 34.0 Å². The van der Waals surface area contributed by atoms with E-state index in [1.807, 2.05) is 0 Å². The summed E-state index contributed by atoms with van der Waals surface area (Å²) in [5.41, 5.74) is 8.01. The van der Waals surface area contributed by atoms with E-state index in [1.165, 1.54) is 13.2 Å². The maximum absolute atomic E-state index is 11.7. The molecule has 0 amide bonds. The third-order valence-electron chi connectivity index (χ3n) is 3.02. The van der Waals surface area contributed by atoms with Gasteiger partial charge in [0.25, 0.3) is 0 Å². The average molecular weight is 267 g/mol. The fraction of sp³-hybridized carbons (Fsp3) is 0.0769. The van der Waals surface area contributed by atoms with E-state index in [0.29, 0.717) is 22.4 Å². The first-order valence-corrected chi connectivity index (χ1v) is 5.66. The molecule has 0 atom stereocenters. The molecule has 0 saturated carbocycles. The van der Waals surface area contributed by atoms with Crippen LogP contribution in [0.4, 0.5) is 11.5 Å². The third kappa shape index (κ3) is 1.55. The molecule has 2 heterocycles. The normalized spacial score (nSPS) is 10.6. The van der Waals surface area contributed by atoms with Crippen molar-refractivity contribution in [3.05, 3.63) is 41.6 Å². The van der Waals surface area contributed by atoms with Gasteiger partial charge in [-0.2, -0.15) is 0 Å². The number of aromatic nitrogens is 3. The fourth-order valence-corrected chi connectivity index (χ4v) is 2.08. The maximum Gasteiger partial charge on any atom is 0.327 e. The number of anilines is 1. The van der Waals surface area contributed by atoms with Crippen LogP contribution in [-0.2, 0) is 4.74 Å². The number of benzene rings is 1. The molecular weight excluding hydrogens is 258 g/mol. The number of carbonyl (C=O) groups is 1. The number of imidazole rings is 1. The Hall–Kier alpha value is -3.14. The summed E-state index contributed by atoms with van der Waals surface area (Å²) in [5, 5.41) is 0. The van der Waals surface area contributed by atoms with Gasteiger partial charge >= 0.3 is 5.97 Å². The van der Waals surface area contributed by atoms with E-state index in [2.05, 4.69) is 14.8 Å². The number of nitrogen functional groups attached to an aromatic ring is 1. The number of hydrogen-bond donors (Lipinski definition) is 1. The first kappa shape index (κ1) is 11.9. The van der Waals surface area contributed by atoms with Crippen LogP contribution in [0.5, 0.6) is 0 Å². The molecular formula is C13H9N5O2. The SMILES string of the molecule is [C-]#[N+]c1cc2nc(N)c3cncn3c2cc1C(=O)OC. The molecule has 3 rings (SSSR count). The zero-order valence-electron chi connectivity index (χ0n) is 10.5. The molecule has 20 heavy (non-hydrogen) atoms. The molecule has 3 aromatic rings. The smallest absolute Gasteiger partial charge is 0.327 e. The van der Waals surface area contributed by atoms with Crippen molar-refractivity contribution in [3.8, 4) is 0 Å². The molecule has 7 nitrogen and oxygen atoms in total. The molecule has 1 aromatic carbocycles. The summed E-state index contributed by atoms with van der Waals surface area (Å²) in [5.74, 6) is -0.250. The first-order chi connectivity index (χ1) is 9.65. The van der Waals surface area contributed by atoms with E-state index in [9.17, 15) is 4.79 Å². The number of fused-ring (bicyclic) bond motifs is 3. The number of rotatable bonds is 1. The van der Waals surface area contributed by atoms with Gasteiger partial charge in [-0.25, -0.2) is 19.6 Å². The molecule has 2 aromatic heterocycles. The van der Waals surface area contributed by atoms with Gasteiger partial charge in [0, 0.05) is 0 Å². The fourth-order valence-electron chi connectivity index (χ4n) is 2.08. The Labute approximate surface area is 113 Å². The predicted octanol–water partition coefficient (Wildman–Crippen LogP) is 1.80. The Balaban J connectivity index is 2.46. The van der Waals surface area contributed by atoms with Crippen molar-refractivity contribution in [1.82, 2.24) is 14.4 Å². The zero-order valence-corrected chi connectivity index (χ0v) is 10.5. The number of methoxy groups -OCH3 is 1. The summed E-state index contributed by atoms with van der Waals surface area (Å²) >= 11 is 0. The molecule has 0 radical (unpaired) electrons. The summed E-state index contributed by atoms with van der Waals surface area (Å²) in [7, 11) is 1.27. The van der Waals surface area contributed by atoms with Gasteiger partial charge in [0.15, 0.2) is 0 Å². The Morgan fingerprint density at radius 2 is 2.25 bits per heavy atom. The molecule has 7 heteroatoms. The molecule has 0 bridgehead atoms. The van der Waals surface area contributed by atoms with Crippen LogP contribution in [0, 0.1) is 6.57 Å². The molecule has 0 unspecified atom stereocenters. The maximum atomic E-state index is 11.7. The molecule has 0 aliphatic carbocycles. The summed E-state index contributed by atoms with van der Waals surface area (Å²) < 4.78 is 6.41.